The second kappa shape index (κ2) is 5.14. The Morgan fingerprint density at radius 1 is 1.45 bits per heavy atom. The Hall–Kier alpha value is -0.560. The molecule has 0 fully saturated rings. The van der Waals surface area contributed by atoms with Gasteiger partial charge >= 0.3 is 0 Å². The Labute approximate surface area is 69.4 Å². The topological polar surface area (TPSA) is 20.2 Å². The second-order valence-electron chi connectivity index (χ2n) is 3.26. The summed E-state index contributed by atoms with van der Waals surface area (Å²) in [7, 11) is 0. The highest BCUT2D eigenvalue weighted by Crippen LogP contribution is 2.10. The minimum atomic E-state index is 0.136. The smallest absolute Gasteiger partial charge is 0.0531 e. The third kappa shape index (κ3) is 4.79. The van der Waals surface area contributed by atoms with E-state index in [4.69, 9.17) is 5.11 Å². The van der Waals surface area contributed by atoms with Gasteiger partial charge in [-0.2, -0.15) is 0 Å². The third-order valence-electron chi connectivity index (χ3n) is 1.56. The van der Waals surface area contributed by atoms with Crippen LogP contribution in [0.25, 0.3) is 0 Å². The van der Waals surface area contributed by atoms with E-state index in [1.54, 1.807) is 0 Å². The van der Waals surface area contributed by atoms with Crippen LogP contribution in [0.3, 0.4) is 0 Å². The molecule has 1 nitrogen and oxygen atoms in total. The summed E-state index contributed by atoms with van der Waals surface area (Å²) in [6, 6.07) is 0. The molecule has 0 aromatic rings. The van der Waals surface area contributed by atoms with Crippen LogP contribution >= 0.6 is 0 Å². The first-order chi connectivity index (χ1) is 5.07. The summed E-state index contributed by atoms with van der Waals surface area (Å²) in [6.07, 6.45) is 4.11. The fourth-order valence-electron chi connectivity index (χ4n) is 0.737. The molecule has 1 heteroatoms. The number of hydrogen-bond acceptors (Lipinski definition) is 1. The van der Waals surface area contributed by atoms with Gasteiger partial charge in [-0.05, 0) is 12.8 Å². The van der Waals surface area contributed by atoms with E-state index in [2.05, 4.69) is 26.5 Å². The fraction of sp³-hybridized carbons (Fsp3) is 0.600. The van der Waals surface area contributed by atoms with Crippen molar-refractivity contribution in [1.29, 1.82) is 0 Å². The lowest BCUT2D eigenvalue weighted by Crippen LogP contribution is -2.03. The van der Waals surface area contributed by atoms with Gasteiger partial charge in [-0.15, -0.1) is 0 Å². The quantitative estimate of drug-likeness (QED) is 0.616. The van der Waals surface area contributed by atoms with Crippen molar-refractivity contribution in [2.45, 2.75) is 20.8 Å². The van der Waals surface area contributed by atoms with Gasteiger partial charge in [0.1, 0.15) is 0 Å². The van der Waals surface area contributed by atoms with Crippen LogP contribution in [0.15, 0.2) is 24.3 Å². The summed E-state index contributed by atoms with van der Waals surface area (Å²) in [5, 5.41) is 8.90. The molecule has 0 saturated heterocycles. The molecule has 11 heavy (non-hydrogen) atoms. The van der Waals surface area contributed by atoms with Gasteiger partial charge in [-0.3, -0.25) is 0 Å². The van der Waals surface area contributed by atoms with Crippen molar-refractivity contribution >= 4 is 0 Å². The molecule has 0 radical (unpaired) electrons. The zero-order valence-electron chi connectivity index (χ0n) is 7.67. The van der Waals surface area contributed by atoms with E-state index < -0.39 is 0 Å². The van der Waals surface area contributed by atoms with Gasteiger partial charge in [0.05, 0.1) is 6.61 Å². The van der Waals surface area contributed by atoms with Gasteiger partial charge in [0, 0.05) is 5.92 Å². The first-order valence-corrected chi connectivity index (χ1v) is 4.02. The molecule has 0 saturated carbocycles. The highest BCUT2D eigenvalue weighted by Gasteiger charge is 2.01. The van der Waals surface area contributed by atoms with Crippen molar-refractivity contribution in [3.8, 4) is 0 Å². The lowest BCUT2D eigenvalue weighted by atomic mass is 10.0. The summed E-state index contributed by atoms with van der Waals surface area (Å²) < 4.78 is 0. The van der Waals surface area contributed by atoms with E-state index in [1.165, 1.54) is 0 Å². The maximum absolute atomic E-state index is 8.90. The Balaban J connectivity index is 3.97. The normalized spacial score (nSPS) is 14.3. The van der Waals surface area contributed by atoms with Crippen molar-refractivity contribution < 1.29 is 5.11 Å². The lowest BCUT2D eigenvalue weighted by Gasteiger charge is -2.08. The average molecular weight is 154 g/mol. The predicted octanol–water partition coefficient (Wildman–Crippen LogP) is 2.38. The van der Waals surface area contributed by atoms with E-state index in [-0.39, 0.29) is 12.5 Å². The number of hydrogen-bond donors (Lipinski definition) is 1. The minimum Gasteiger partial charge on any atom is -0.395 e. The molecule has 64 valence electrons. The van der Waals surface area contributed by atoms with Crippen LogP contribution < -0.4 is 0 Å². The molecule has 1 N–H and O–H groups in total. The average Bonchev–Trinajstić information content (AvgIpc) is 1.87. The van der Waals surface area contributed by atoms with Gasteiger partial charge in [-0.1, -0.05) is 38.2 Å². The number of allylic oxidation sites excluding steroid dienone is 1. The van der Waals surface area contributed by atoms with Crippen LogP contribution in [0, 0.1) is 11.8 Å². The van der Waals surface area contributed by atoms with E-state index in [0.29, 0.717) is 5.92 Å². The molecule has 0 aliphatic heterocycles. The van der Waals surface area contributed by atoms with Gasteiger partial charge < -0.3 is 5.11 Å². The van der Waals surface area contributed by atoms with Crippen LogP contribution in [-0.4, -0.2) is 11.7 Å². The van der Waals surface area contributed by atoms with Gasteiger partial charge in [0.15, 0.2) is 0 Å². The van der Waals surface area contributed by atoms with Crippen molar-refractivity contribution in [3.63, 3.8) is 0 Å². The molecule has 0 aliphatic carbocycles. The first-order valence-electron chi connectivity index (χ1n) is 4.02. The molecular formula is C10H18O. The Morgan fingerprint density at radius 2 is 2.00 bits per heavy atom. The minimum absolute atomic E-state index is 0.136. The van der Waals surface area contributed by atoms with E-state index in [1.807, 2.05) is 13.0 Å². The predicted molar refractivity (Wildman–Crippen MR) is 49.4 cm³/mol. The maximum atomic E-state index is 8.90. The Kier molecular flexibility index (Phi) is 4.88. The van der Waals surface area contributed by atoms with E-state index in [0.717, 1.165) is 5.57 Å². The van der Waals surface area contributed by atoms with Crippen LogP contribution in [0.1, 0.15) is 20.8 Å². The van der Waals surface area contributed by atoms with Crippen LogP contribution in [0.2, 0.25) is 0 Å². The summed E-state index contributed by atoms with van der Waals surface area (Å²) >= 11 is 0. The molecule has 1 unspecified atom stereocenters. The van der Waals surface area contributed by atoms with E-state index in [9.17, 15) is 0 Å². The van der Waals surface area contributed by atoms with Crippen LogP contribution in [0.5, 0.6) is 0 Å². The zero-order chi connectivity index (χ0) is 8.85. The molecule has 0 aromatic carbocycles. The molecule has 0 aromatic heterocycles. The largest absolute Gasteiger partial charge is 0.395 e. The molecule has 0 bridgehead atoms. The molecule has 0 rings (SSSR count). The maximum Gasteiger partial charge on any atom is 0.0531 e. The monoisotopic (exact) mass is 154 g/mol. The fourth-order valence-corrected chi connectivity index (χ4v) is 0.737. The highest BCUT2D eigenvalue weighted by molar-refractivity contribution is 5.07. The van der Waals surface area contributed by atoms with Crippen molar-refractivity contribution in [2.24, 2.45) is 11.8 Å². The van der Waals surface area contributed by atoms with Crippen molar-refractivity contribution in [2.75, 3.05) is 6.61 Å². The third-order valence-corrected chi connectivity index (χ3v) is 1.56. The summed E-state index contributed by atoms with van der Waals surface area (Å²) in [4.78, 5) is 0. The second-order valence-corrected chi connectivity index (χ2v) is 3.26. The molecule has 0 heterocycles. The number of rotatable bonds is 4. The first kappa shape index (κ1) is 10.4. The number of aliphatic hydroxyl groups is 1. The van der Waals surface area contributed by atoms with Crippen molar-refractivity contribution in [3.05, 3.63) is 24.3 Å². The standard InChI is InChI=1S/C10H18O/c1-8(2)5-6-10(7-11)9(3)4/h5-6,8,10-11H,3,7H2,1-2,4H3/b6-5+. The van der Waals surface area contributed by atoms with Crippen LogP contribution in [-0.2, 0) is 0 Å². The van der Waals surface area contributed by atoms with Crippen LogP contribution in [0.4, 0.5) is 0 Å². The van der Waals surface area contributed by atoms with Crippen molar-refractivity contribution in [1.82, 2.24) is 0 Å². The molecular weight excluding hydrogens is 136 g/mol. The molecule has 1 atom stereocenters. The zero-order valence-corrected chi connectivity index (χ0v) is 7.67. The molecule has 0 aliphatic rings. The highest BCUT2D eigenvalue weighted by atomic mass is 16.3. The molecule has 0 spiro atoms. The summed E-state index contributed by atoms with van der Waals surface area (Å²) in [5.41, 5.74) is 1.02. The van der Waals surface area contributed by atoms with E-state index >= 15 is 0 Å². The Morgan fingerprint density at radius 3 is 2.27 bits per heavy atom. The van der Waals surface area contributed by atoms with Gasteiger partial charge in [0.25, 0.3) is 0 Å². The summed E-state index contributed by atoms with van der Waals surface area (Å²) in [5.74, 6) is 0.681. The summed E-state index contributed by atoms with van der Waals surface area (Å²) in [6.45, 7) is 10.1. The van der Waals surface area contributed by atoms with Gasteiger partial charge in [0.2, 0.25) is 0 Å². The number of aliphatic hydroxyl groups excluding tert-OH is 1. The molecule has 0 amide bonds. The Bertz CT molecular complexity index is 145. The van der Waals surface area contributed by atoms with Gasteiger partial charge in [-0.25, -0.2) is 0 Å². The lowest BCUT2D eigenvalue weighted by molar-refractivity contribution is 0.268. The SMILES string of the molecule is C=C(C)C(/C=C/C(C)C)CO.